The van der Waals surface area contributed by atoms with Gasteiger partial charge in [0.1, 0.15) is 11.9 Å². The number of hydrogen-bond donors (Lipinski definition) is 1. The zero-order valence-electron chi connectivity index (χ0n) is 14.3. The zero-order chi connectivity index (χ0) is 18.7. The number of halogens is 1. The second-order valence-corrected chi connectivity index (χ2v) is 9.14. The first kappa shape index (κ1) is 17.7. The van der Waals surface area contributed by atoms with Crippen LogP contribution in [0.5, 0.6) is 5.75 Å². The standard InChI is InChI=1S/C16H18ClN3O5S/c1-9-5-11-6-12(7-13(17)14(11)24-9)26(22,23)20-4-3-16(21,8-20)15-18-10(2)19-25-15/h6-7,9,21H,3-5,8H2,1-2H3/t9-,16-/m0/s1. The van der Waals surface area contributed by atoms with Gasteiger partial charge in [0, 0.05) is 24.9 Å². The van der Waals surface area contributed by atoms with E-state index in [0.29, 0.717) is 18.0 Å². The molecule has 1 aromatic carbocycles. The normalized spacial score (nSPS) is 26.1. The monoisotopic (exact) mass is 399 g/mol. The molecule has 140 valence electrons. The van der Waals surface area contributed by atoms with Gasteiger partial charge in [0.25, 0.3) is 5.89 Å². The van der Waals surface area contributed by atoms with Gasteiger partial charge in [0.05, 0.1) is 16.5 Å². The molecule has 1 saturated heterocycles. The van der Waals surface area contributed by atoms with E-state index in [2.05, 4.69) is 10.1 Å². The Morgan fingerprint density at radius 2 is 2.19 bits per heavy atom. The number of fused-ring (bicyclic) bond motifs is 1. The Hall–Kier alpha value is -1.68. The summed E-state index contributed by atoms with van der Waals surface area (Å²) in [5.74, 6) is 0.952. The molecule has 4 rings (SSSR count). The summed E-state index contributed by atoms with van der Waals surface area (Å²) >= 11 is 6.22. The number of hydrogen-bond acceptors (Lipinski definition) is 7. The fourth-order valence-electron chi connectivity index (χ4n) is 3.38. The van der Waals surface area contributed by atoms with Gasteiger partial charge in [-0.15, -0.1) is 0 Å². The van der Waals surface area contributed by atoms with Crippen LogP contribution in [0.25, 0.3) is 0 Å². The van der Waals surface area contributed by atoms with Gasteiger partial charge >= 0.3 is 0 Å². The van der Waals surface area contributed by atoms with Crippen LogP contribution in [0.4, 0.5) is 0 Å². The molecule has 0 aliphatic carbocycles. The fraction of sp³-hybridized carbons (Fsp3) is 0.500. The first-order valence-electron chi connectivity index (χ1n) is 8.21. The van der Waals surface area contributed by atoms with Gasteiger partial charge in [-0.1, -0.05) is 16.8 Å². The van der Waals surface area contributed by atoms with Gasteiger partial charge in [-0.25, -0.2) is 8.42 Å². The van der Waals surface area contributed by atoms with Crippen molar-refractivity contribution in [1.29, 1.82) is 0 Å². The van der Waals surface area contributed by atoms with Crippen LogP contribution >= 0.6 is 11.6 Å². The lowest BCUT2D eigenvalue weighted by Crippen LogP contribution is -2.34. The summed E-state index contributed by atoms with van der Waals surface area (Å²) < 4.78 is 37.9. The van der Waals surface area contributed by atoms with Crippen molar-refractivity contribution in [1.82, 2.24) is 14.4 Å². The molecule has 0 amide bonds. The van der Waals surface area contributed by atoms with Crippen molar-refractivity contribution < 1.29 is 22.8 Å². The number of aryl methyl sites for hydroxylation is 1. The van der Waals surface area contributed by atoms with E-state index in [9.17, 15) is 13.5 Å². The zero-order valence-corrected chi connectivity index (χ0v) is 15.8. The van der Waals surface area contributed by atoms with Crippen LogP contribution in [-0.2, 0) is 22.0 Å². The van der Waals surface area contributed by atoms with E-state index >= 15 is 0 Å². The maximum absolute atomic E-state index is 13.0. The highest BCUT2D eigenvalue weighted by Crippen LogP contribution is 2.40. The van der Waals surface area contributed by atoms with Crippen molar-refractivity contribution in [2.24, 2.45) is 0 Å². The van der Waals surface area contributed by atoms with Crippen LogP contribution in [0.15, 0.2) is 21.6 Å². The third-order valence-corrected chi connectivity index (χ3v) is 6.80. The number of aliphatic hydroxyl groups is 1. The quantitative estimate of drug-likeness (QED) is 0.836. The van der Waals surface area contributed by atoms with E-state index in [0.717, 1.165) is 5.56 Å². The minimum absolute atomic E-state index is 0.0295. The molecule has 26 heavy (non-hydrogen) atoms. The number of sulfonamides is 1. The largest absolute Gasteiger partial charge is 0.489 e. The number of benzene rings is 1. The Labute approximate surface area is 155 Å². The molecular weight excluding hydrogens is 382 g/mol. The molecule has 2 atom stereocenters. The Balaban J connectivity index is 1.64. The highest BCUT2D eigenvalue weighted by Gasteiger charge is 2.47. The van der Waals surface area contributed by atoms with Crippen molar-refractivity contribution in [3.63, 3.8) is 0 Å². The van der Waals surface area contributed by atoms with E-state index in [1.54, 1.807) is 13.0 Å². The Kier molecular flexibility index (Phi) is 4.03. The summed E-state index contributed by atoms with van der Waals surface area (Å²) in [6, 6.07) is 2.98. The van der Waals surface area contributed by atoms with Crippen LogP contribution in [0.2, 0.25) is 5.02 Å². The van der Waals surface area contributed by atoms with Crippen molar-refractivity contribution in [2.75, 3.05) is 13.1 Å². The highest BCUT2D eigenvalue weighted by molar-refractivity contribution is 7.89. The van der Waals surface area contributed by atoms with E-state index in [1.165, 1.54) is 10.4 Å². The first-order chi connectivity index (χ1) is 12.2. The first-order valence-corrected chi connectivity index (χ1v) is 10.0. The van der Waals surface area contributed by atoms with Crippen molar-refractivity contribution in [3.05, 3.63) is 34.4 Å². The molecule has 0 spiro atoms. The van der Waals surface area contributed by atoms with Gasteiger partial charge < -0.3 is 14.4 Å². The van der Waals surface area contributed by atoms with Crippen molar-refractivity contribution in [3.8, 4) is 5.75 Å². The van der Waals surface area contributed by atoms with Gasteiger partial charge in [-0.2, -0.15) is 9.29 Å². The van der Waals surface area contributed by atoms with Crippen LogP contribution in [-0.4, -0.2) is 47.2 Å². The van der Waals surface area contributed by atoms with Crippen LogP contribution < -0.4 is 4.74 Å². The lowest BCUT2D eigenvalue weighted by atomic mass is 10.0. The van der Waals surface area contributed by atoms with E-state index in [-0.39, 0.29) is 41.4 Å². The minimum Gasteiger partial charge on any atom is -0.489 e. The molecule has 0 saturated carbocycles. The second-order valence-electron chi connectivity index (χ2n) is 6.79. The molecule has 1 fully saturated rings. The molecule has 2 aliphatic rings. The van der Waals surface area contributed by atoms with E-state index < -0.39 is 15.6 Å². The van der Waals surface area contributed by atoms with Gasteiger partial charge in [-0.3, -0.25) is 0 Å². The lowest BCUT2D eigenvalue weighted by molar-refractivity contribution is 0.0194. The fourth-order valence-corrected chi connectivity index (χ4v) is 5.30. The third-order valence-electron chi connectivity index (χ3n) is 4.70. The summed E-state index contributed by atoms with van der Waals surface area (Å²) in [6.07, 6.45) is 0.731. The Bertz CT molecular complexity index is 976. The third kappa shape index (κ3) is 2.79. The highest BCUT2D eigenvalue weighted by atomic mass is 35.5. The Morgan fingerprint density at radius 1 is 1.42 bits per heavy atom. The minimum atomic E-state index is -3.83. The second kappa shape index (κ2) is 5.91. The molecule has 2 aromatic rings. The smallest absolute Gasteiger partial charge is 0.260 e. The van der Waals surface area contributed by atoms with Gasteiger partial charge in [-0.05, 0) is 26.0 Å². The average Bonchev–Trinajstić information content (AvgIpc) is 3.26. The lowest BCUT2D eigenvalue weighted by Gasteiger charge is -2.20. The maximum Gasteiger partial charge on any atom is 0.260 e. The topological polar surface area (TPSA) is 106 Å². The Morgan fingerprint density at radius 3 is 2.88 bits per heavy atom. The van der Waals surface area contributed by atoms with Gasteiger partial charge in [0.15, 0.2) is 11.4 Å². The summed E-state index contributed by atoms with van der Waals surface area (Å²) in [4.78, 5) is 4.12. The van der Waals surface area contributed by atoms with E-state index in [1.807, 2.05) is 6.92 Å². The molecule has 0 bridgehead atoms. The predicted octanol–water partition coefficient (Wildman–Crippen LogP) is 1.64. The van der Waals surface area contributed by atoms with Crippen molar-refractivity contribution in [2.45, 2.75) is 43.3 Å². The van der Waals surface area contributed by atoms with Gasteiger partial charge in [0.2, 0.25) is 10.0 Å². The molecular formula is C16H18ClN3O5S. The number of β-amino-alcohol motifs (C(OH)–C–C–N with tert-alkyl or cyclic N) is 1. The molecule has 1 aromatic heterocycles. The van der Waals surface area contributed by atoms with Crippen LogP contribution in [0, 0.1) is 6.92 Å². The summed E-state index contributed by atoms with van der Waals surface area (Å²) in [7, 11) is -3.83. The number of ether oxygens (including phenoxy) is 1. The molecule has 8 nitrogen and oxygen atoms in total. The molecule has 1 N–H and O–H groups in total. The summed E-state index contributed by atoms with van der Waals surface area (Å²) in [5, 5.41) is 14.7. The van der Waals surface area contributed by atoms with Crippen LogP contribution in [0.3, 0.4) is 0 Å². The van der Waals surface area contributed by atoms with Crippen LogP contribution in [0.1, 0.15) is 30.6 Å². The molecule has 0 radical (unpaired) electrons. The van der Waals surface area contributed by atoms with E-state index in [4.69, 9.17) is 20.9 Å². The summed E-state index contributed by atoms with van der Waals surface area (Å²) in [5.41, 5.74) is -0.725. The average molecular weight is 400 g/mol. The molecule has 3 heterocycles. The SMILES string of the molecule is Cc1noc([C@]2(O)CCN(S(=O)(=O)c3cc(Cl)c4c(c3)C[C@H](C)O4)C2)n1. The van der Waals surface area contributed by atoms with Crippen molar-refractivity contribution >= 4 is 21.6 Å². The molecule has 10 heteroatoms. The molecule has 2 aliphatic heterocycles. The predicted molar refractivity (Wildman–Crippen MR) is 91.6 cm³/mol. The molecule has 0 unspecified atom stereocenters. The maximum atomic E-state index is 13.0. The summed E-state index contributed by atoms with van der Waals surface area (Å²) in [6.45, 7) is 3.52. The number of aromatic nitrogens is 2. The number of nitrogens with zero attached hydrogens (tertiary/aromatic N) is 3. The number of rotatable bonds is 3.